The van der Waals surface area contributed by atoms with Crippen molar-refractivity contribution in [3.8, 4) is 0 Å². The quantitative estimate of drug-likeness (QED) is 0.779. The van der Waals surface area contributed by atoms with Crippen molar-refractivity contribution >= 4 is 11.6 Å². The molecule has 2 atom stereocenters. The SMILES string of the molecule is CC1CCN(C(=O)c2ccc(N)c(F)c2)C(C)C1. The lowest BCUT2D eigenvalue weighted by Crippen LogP contribution is -2.44. The van der Waals surface area contributed by atoms with Gasteiger partial charge in [0.05, 0.1) is 5.69 Å². The lowest BCUT2D eigenvalue weighted by Gasteiger charge is -2.36. The molecular formula is C14H19FN2O. The number of halogens is 1. The molecule has 0 saturated carbocycles. The third-order valence-corrected chi connectivity index (χ3v) is 3.65. The molecule has 2 rings (SSSR count). The third-order valence-electron chi connectivity index (χ3n) is 3.65. The van der Waals surface area contributed by atoms with E-state index in [0.717, 1.165) is 19.4 Å². The molecule has 1 amide bonds. The highest BCUT2D eigenvalue weighted by Gasteiger charge is 2.27. The van der Waals surface area contributed by atoms with E-state index >= 15 is 0 Å². The summed E-state index contributed by atoms with van der Waals surface area (Å²) >= 11 is 0. The summed E-state index contributed by atoms with van der Waals surface area (Å²) < 4.78 is 13.4. The topological polar surface area (TPSA) is 46.3 Å². The Kier molecular flexibility index (Phi) is 3.55. The lowest BCUT2D eigenvalue weighted by molar-refractivity contribution is 0.0588. The summed E-state index contributed by atoms with van der Waals surface area (Å²) in [6.45, 7) is 4.98. The highest BCUT2D eigenvalue weighted by atomic mass is 19.1. The summed E-state index contributed by atoms with van der Waals surface area (Å²) in [4.78, 5) is 14.1. The van der Waals surface area contributed by atoms with Crippen LogP contribution >= 0.6 is 0 Å². The zero-order chi connectivity index (χ0) is 13.3. The molecule has 0 bridgehead atoms. The Labute approximate surface area is 107 Å². The highest BCUT2D eigenvalue weighted by molar-refractivity contribution is 5.94. The van der Waals surface area contributed by atoms with Gasteiger partial charge in [-0.3, -0.25) is 4.79 Å². The van der Waals surface area contributed by atoms with Gasteiger partial charge >= 0.3 is 0 Å². The summed E-state index contributed by atoms with van der Waals surface area (Å²) in [5.74, 6) is 0.0133. The van der Waals surface area contributed by atoms with E-state index in [1.807, 2.05) is 11.8 Å². The molecule has 1 aromatic carbocycles. The van der Waals surface area contributed by atoms with Gasteiger partial charge in [0.25, 0.3) is 5.91 Å². The summed E-state index contributed by atoms with van der Waals surface area (Å²) in [6.07, 6.45) is 2.01. The number of piperidine rings is 1. The first kappa shape index (κ1) is 12.9. The number of rotatable bonds is 1. The van der Waals surface area contributed by atoms with Gasteiger partial charge in [-0.1, -0.05) is 6.92 Å². The molecule has 1 heterocycles. The standard InChI is InChI=1S/C14H19FN2O/c1-9-5-6-17(10(2)7-9)14(18)11-3-4-13(16)12(15)8-11/h3-4,8-10H,5-7,16H2,1-2H3. The Morgan fingerprint density at radius 2 is 2.17 bits per heavy atom. The minimum atomic E-state index is -0.529. The molecule has 2 unspecified atom stereocenters. The predicted octanol–water partition coefficient (Wildman–Crippen LogP) is 2.67. The van der Waals surface area contributed by atoms with Crippen molar-refractivity contribution in [3.05, 3.63) is 29.6 Å². The Hall–Kier alpha value is -1.58. The third kappa shape index (κ3) is 2.47. The highest BCUT2D eigenvalue weighted by Crippen LogP contribution is 2.24. The van der Waals surface area contributed by atoms with E-state index in [0.29, 0.717) is 11.5 Å². The van der Waals surface area contributed by atoms with Gasteiger partial charge < -0.3 is 10.6 Å². The van der Waals surface area contributed by atoms with Crippen LogP contribution in [0.3, 0.4) is 0 Å². The van der Waals surface area contributed by atoms with E-state index in [2.05, 4.69) is 6.92 Å². The van der Waals surface area contributed by atoms with E-state index in [1.54, 1.807) is 6.07 Å². The number of anilines is 1. The van der Waals surface area contributed by atoms with Crippen LogP contribution in [0.15, 0.2) is 18.2 Å². The van der Waals surface area contributed by atoms with Gasteiger partial charge in [-0.15, -0.1) is 0 Å². The number of likely N-dealkylation sites (tertiary alicyclic amines) is 1. The van der Waals surface area contributed by atoms with E-state index in [4.69, 9.17) is 5.73 Å². The van der Waals surface area contributed by atoms with Crippen LogP contribution in [0.5, 0.6) is 0 Å². The molecule has 4 heteroatoms. The Morgan fingerprint density at radius 3 is 2.78 bits per heavy atom. The number of carbonyl (C=O) groups excluding carboxylic acids is 1. The zero-order valence-electron chi connectivity index (χ0n) is 10.8. The predicted molar refractivity (Wildman–Crippen MR) is 69.7 cm³/mol. The van der Waals surface area contributed by atoms with Gasteiger partial charge in [-0.2, -0.15) is 0 Å². The lowest BCUT2D eigenvalue weighted by atomic mass is 9.93. The number of nitrogen functional groups attached to an aromatic ring is 1. The average molecular weight is 250 g/mol. The Balaban J connectivity index is 2.18. The van der Waals surface area contributed by atoms with E-state index in [-0.39, 0.29) is 17.6 Å². The van der Waals surface area contributed by atoms with Crippen LogP contribution in [0.2, 0.25) is 0 Å². The number of benzene rings is 1. The first-order chi connectivity index (χ1) is 8.49. The molecule has 98 valence electrons. The normalized spacial score (nSPS) is 24.1. The molecule has 3 nitrogen and oxygen atoms in total. The van der Waals surface area contributed by atoms with Crippen molar-refractivity contribution in [2.75, 3.05) is 12.3 Å². The van der Waals surface area contributed by atoms with Gasteiger partial charge in [0.15, 0.2) is 0 Å². The van der Waals surface area contributed by atoms with Crippen LogP contribution in [-0.4, -0.2) is 23.4 Å². The maximum absolute atomic E-state index is 13.4. The van der Waals surface area contributed by atoms with E-state index in [1.165, 1.54) is 12.1 Å². The number of hydrogen-bond donors (Lipinski definition) is 1. The Morgan fingerprint density at radius 1 is 1.44 bits per heavy atom. The molecule has 1 aliphatic heterocycles. The summed E-state index contributed by atoms with van der Waals surface area (Å²) in [5, 5.41) is 0. The molecular weight excluding hydrogens is 231 g/mol. The molecule has 0 radical (unpaired) electrons. The maximum atomic E-state index is 13.4. The van der Waals surface area contributed by atoms with Gasteiger partial charge in [-0.25, -0.2) is 4.39 Å². The van der Waals surface area contributed by atoms with Crippen LogP contribution in [0, 0.1) is 11.7 Å². The number of amides is 1. The number of hydrogen-bond acceptors (Lipinski definition) is 2. The molecule has 0 aromatic heterocycles. The fourth-order valence-electron chi connectivity index (χ4n) is 2.53. The van der Waals surface area contributed by atoms with Crippen LogP contribution < -0.4 is 5.73 Å². The monoisotopic (exact) mass is 250 g/mol. The maximum Gasteiger partial charge on any atom is 0.254 e. The van der Waals surface area contributed by atoms with Crippen molar-refractivity contribution in [2.24, 2.45) is 5.92 Å². The Bertz CT molecular complexity index is 461. The van der Waals surface area contributed by atoms with Gasteiger partial charge in [0.1, 0.15) is 5.82 Å². The van der Waals surface area contributed by atoms with E-state index in [9.17, 15) is 9.18 Å². The molecule has 1 aromatic rings. The van der Waals surface area contributed by atoms with Gasteiger partial charge in [0, 0.05) is 18.2 Å². The van der Waals surface area contributed by atoms with Crippen molar-refractivity contribution < 1.29 is 9.18 Å². The average Bonchev–Trinajstić information content (AvgIpc) is 2.32. The molecule has 1 aliphatic rings. The molecule has 0 aliphatic carbocycles. The van der Waals surface area contributed by atoms with Crippen molar-refractivity contribution in [3.63, 3.8) is 0 Å². The van der Waals surface area contributed by atoms with Crippen molar-refractivity contribution in [1.29, 1.82) is 0 Å². The summed E-state index contributed by atoms with van der Waals surface area (Å²) in [5.41, 5.74) is 5.87. The minimum absolute atomic E-state index is 0.0758. The first-order valence-electron chi connectivity index (χ1n) is 6.35. The largest absolute Gasteiger partial charge is 0.396 e. The number of nitrogens with two attached hydrogens (primary N) is 1. The summed E-state index contributed by atoms with van der Waals surface area (Å²) in [6, 6.07) is 4.47. The van der Waals surface area contributed by atoms with Crippen molar-refractivity contribution in [1.82, 2.24) is 4.90 Å². The summed E-state index contributed by atoms with van der Waals surface area (Å²) in [7, 11) is 0. The molecule has 0 spiro atoms. The van der Waals surface area contributed by atoms with Crippen LogP contribution in [0.1, 0.15) is 37.0 Å². The number of nitrogens with zero attached hydrogens (tertiary/aromatic N) is 1. The molecule has 1 saturated heterocycles. The smallest absolute Gasteiger partial charge is 0.254 e. The van der Waals surface area contributed by atoms with Gasteiger partial charge in [-0.05, 0) is 43.9 Å². The minimum Gasteiger partial charge on any atom is -0.396 e. The molecule has 18 heavy (non-hydrogen) atoms. The second kappa shape index (κ2) is 4.96. The van der Waals surface area contributed by atoms with Crippen LogP contribution in [-0.2, 0) is 0 Å². The second-order valence-electron chi connectivity index (χ2n) is 5.21. The molecule has 1 fully saturated rings. The second-order valence-corrected chi connectivity index (χ2v) is 5.21. The van der Waals surface area contributed by atoms with Gasteiger partial charge in [0.2, 0.25) is 0 Å². The first-order valence-corrected chi connectivity index (χ1v) is 6.35. The van der Waals surface area contributed by atoms with Crippen LogP contribution in [0.25, 0.3) is 0 Å². The van der Waals surface area contributed by atoms with Crippen molar-refractivity contribution in [2.45, 2.75) is 32.7 Å². The fraction of sp³-hybridized carbons (Fsp3) is 0.500. The fourth-order valence-corrected chi connectivity index (χ4v) is 2.53. The van der Waals surface area contributed by atoms with Crippen LogP contribution in [0.4, 0.5) is 10.1 Å². The number of carbonyl (C=O) groups is 1. The van der Waals surface area contributed by atoms with E-state index < -0.39 is 5.82 Å². The zero-order valence-corrected chi connectivity index (χ0v) is 10.8. The molecule has 2 N–H and O–H groups in total.